The van der Waals surface area contributed by atoms with Crippen molar-refractivity contribution in [1.82, 2.24) is 9.47 Å². The van der Waals surface area contributed by atoms with E-state index in [1.54, 1.807) is 6.07 Å². The quantitative estimate of drug-likeness (QED) is 0.530. The molecule has 1 amide bonds. The summed E-state index contributed by atoms with van der Waals surface area (Å²) in [6, 6.07) is 18.0. The van der Waals surface area contributed by atoms with Gasteiger partial charge in [0.15, 0.2) is 6.61 Å². The molecule has 0 unspecified atom stereocenters. The van der Waals surface area contributed by atoms with Gasteiger partial charge < -0.3 is 19.1 Å². The van der Waals surface area contributed by atoms with Crippen LogP contribution in [0.5, 0.6) is 5.75 Å². The highest BCUT2D eigenvalue weighted by molar-refractivity contribution is 5.85. The number of benzene rings is 2. The Morgan fingerprint density at radius 2 is 1.74 bits per heavy atom. The van der Waals surface area contributed by atoms with Crippen molar-refractivity contribution in [3.8, 4) is 5.75 Å². The van der Waals surface area contributed by atoms with E-state index in [-0.39, 0.29) is 24.0 Å². The minimum atomic E-state index is -0.000824. The molecule has 0 atom stereocenters. The van der Waals surface area contributed by atoms with Crippen LogP contribution >= 0.6 is 0 Å². The third-order valence-electron chi connectivity index (χ3n) is 6.99. The van der Waals surface area contributed by atoms with Crippen LogP contribution in [0.15, 0.2) is 59.4 Å². The van der Waals surface area contributed by atoms with Crippen molar-refractivity contribution in [2.24, 2.45) is 5.92 Å². The first kappa shape index (κ1) is 22.5. The lowest BCUT2D eigenvalue weighted by Gasteiger charge is -2.36. The molecule has 1 aromatic heterocycles. The molecule has 2 aromatic carbocycles. The van der Waals surface area contributed by atoms with Crippen LogP contribution < -0.4 is 15.2 Å². The normalized spacial score (nSPS) is 16.3. The van der Waals surface area contributed by atoms with Crippen LogP contribution in [0.25, 0.3) is 10.9 Å². The van der Waals surface area contributed by atoms with Gasteiger partial charge in [0, 0.05) is 55.9 Å². The molecular formula is C28H33N3O3. The Bertz CT molecular complexity index is 1220. The Labute approximate surface area is 200 Å². The molecule has 3 aromatic rings. The first-order chi connectivity index (χ1) is 16.5. The fourth-order valence-corrected chi connectivity index (χ4v) is 4.79. The van der Waals surface area contributed by atoms with Gasteiger partial charge in [0.05, 0.1) is 5.52 Å². The topological polar surface area (TPSA) is 54.8 Å². The van der Waals surface area contributed by atoms with E-state index in [2.05, 4.69) is 30.9 Å². The highest BCUT2D eigenvalue weighted by Gasteiger charge is 2.24. The molecule has 2 heterocycles. The first-order valence-corrected chi connectivity index (χ1v) is 12.4. The zero-order valence-corrected chi connectivity index (χ0v) is 20.1. The lowest BCUT2D eigenvalue weighted by atomic mass is 9.98. The molecular weight excluding hydrogens is 426 g/mol. The van der Waals surface area contributed by atoms with Crippen LogP contribution in [-0.2, 0) is 11.3 Å². The standard InChI is InChI=1S/C28H33N3O3/c1-20(2)25-17-27(32)31(18-21-8-9-21)26-16-23(10-11-24(25)26)34-19-28(33)30-14-12-29(13-15-30)22-6-4-3-5-7-22/h3-7,10-11,16-17,20-21H,8-9,12-15,18-19H2,1-2H3. The Morgan fingerprint density at radius 3 is 2.41 bits per heavy atom. The van der Waals surface area contributed by atoms with Crippen LogP contribution in [0, 0.1) is 5.92 Å². The molecule has 1 aliphatic carbocycles. The summed E-state index contributed by atoms with van der Waals surface area (Å²) < 4.78 is 7.82. The fraction of sp³-hybridized carbons (Fsp3) is 0.429. The van der Waals surface area contributed by atoms with Crippen LogP contribution in [0.3, 0.4) is 0 Å². The lowest BCUT2D eigenvalue weighted by molar-refractivity contribution is -0.133. The number of para-hydroxylation sites is 1. The van der Waals surface area contributed by atoms with Gasteiger partial charge in [-0.25, -0.2) is 0 Å². The molecule has 6 heteroatoms. The summed E-state index contributed by atoms with van der Waals surface area (Å²) in [6.45, 7) is 7.99. The van der Waals surface area contributed by atoms with E-state index in [4.69, 9.17) is 4.74 Å². The minimum Gasteiger partial charge on any atom is -0.484 e. The van der Waals surface area contributed by atoms with E-state index in [1.807, 2.05) is 45.9 Å². The fourth-order valence-electron chi connectivity index (χ4n) is 4.79. The summed E-state index contributed by atoms with van der Waals surface area (Å²) in [5.74, 6) is 1.48. The number of hydrogen-bond acceptors (Lipinski definition) is 4. The number of piperazine rings is 1. The predicted molar refractivity (Wildman–Crippen MR) is 136 cm³/mol. The zero-order chi connectivity index (χ0) is 23.7. The first-order valence-electron chi connectivity index (χ1n) is 12.4. The van der Waals surface area contributed by atoms with Crippen molar-refractivity contribution in [3.63, 3.8) is 0 Å². The van der Waals surface area contributed by atoms with Crippen molar-refractivity contribution in [2.45, 2.75) is 39.2 Å². The molecule has 1 saturated carbocycles. The largest absolute Gasteiger partial charge is 0.484 e. The van der Waals surface area contributed by atoms with E-state index >= 15 is 0 Å². The number of nitrogens with zero attached hydrogens (tertiary/aromatic N) is 3. The Morgan fingerprint density at radius 1 is 1.00 bits per heavy atom. The average Bonchev–Trinajstić information content (AvgIpc) is 3.69. The molecule has 0 spiro atoms. The number of fused-ring (bicyclic) bond motifs is 1. The summed E-state index contributed by atoms with van der Waals surface area (Å²) in [5.41, 5.74) is 3.21. The number of anilines is 1. The van der Waals surface area contributed by atoms with Crippen LogP contribution in [-0.4, -0.2) is 48.2 Å². The van der Waals surface area contributed by atoms with E-state index in [1.165, 1.54) is 18.5 Å². The second-order valence-corrected chi connectivity index (χ2v) is 9.82. The number of carbonyl (C=O) groups excluding carboxylic acids is 1. The third-order valence-corrected chi connectivity index (χ3v) is 6.99. The van der Waals surface area contributed by atoms with Crippen molar-refractivity contribution in [3.05, 3.63) is 70.5 Å². The number of rotatable bonds is 7. The smallest absolute Gasteiger partial charge is 0.260 e. The molecule has 1 saturated heterocycles. The van der Waals surface area contributed by atoms with Crippen molar-refractivity contribution in [2.75, 3.05) is 37.7 Å². The van der Waals surface area contributed by atoms with Gasteiger partial charge in [-0.3, -0.25) is 9.59 Å². The van der Waals surface area contributed by atoms with Gasteiger partial charge in [0.25, 0.3) is 11.5 Å². The number of carbonyl (C=O) groups is 1. The summed E-state index contributed by atoms with van der Waals surface area (Å²) in [4.78, 5) is 29.9. The van der Waals surface area contributed by atoms with Crippen molar-refractivity contribution >= 4 is 22.5 Å². The van der Waals surface area contributed by atoms with Gasteiger partial charge in [-0.2, -0.15) is 0 Å². The second kappa shape index (κ2) is 9.53. The summed E-state index contributed by atoms with van der Waals surface area (Å²) in [7, 11) is 0. The number of aromatic nitrogens is 1. The van der Waals surface area contributed by atoms with Gasteiger partial charge in [-0.15, -0.1) is 0 Å². The number of pyridine rings is 1. The van der Waals surface area contributed by atoms with Crippen molar-refractivity contribution in [1.29, 1.82) is 0 Å². The maximum atomic E-state index is 12.9. The van der Waals surface area contributed by atoms with E-state index in [0.717, 1.165) is 36.1 Å². The summed E-state index contributed by atoms with van der Waals surface area (Å²) in [6.07, 6.45) is 2.37. The number of ether oxygens (including phenoxy) is 1. The van der Waals surface area contributed by atoms with Crippen LogP contribution in [0.4, 0.5) is 5.69 Å². The number of amides is 1. The SMILES string of the molecule is CC(C)c1cc(=O)n(CC2CC2)c2cc(OCC(=O)N3CCN(c4ccccc4)CC3)ccc12. The van der Waals surface area contributed by atoms with Gasteiger partial charge >= 0.3 is 0 Å². The second-order valence-electron chi connectivity index (χ2n) is 9.82. The zero-order valence-electron chi connectivity index (χ0n) is 20.1. The molecule has 1 aliphatic heterocycles. The average molecular weight is 460 g/mol. The minimum absolute atomic E-state index is 0.000824. The molecule has 6 nitrogen and oxygen atoms in total. The molecule has 0 bridgehead atoms. The lowest BCUT2D eigenvalue weighted by Crippen LogP contribution is -2.50. The Hall–Kier alpha value is -3.28. The monoisotopic (exact) mass is 459 g/mol. The molecule has 2 aliphatic rings. The summed E-state index contributed by atoms with van der Waals surface area (Å²) in [5, 5.41) is 1.09. The van der Waals surface area contributed by atoms with Gasteiger partial charge in [0.2, 0.25) is 0 Å². The summed E-state index contributed by atoms with van der Waals surface area (Å²) >= 11 is 0. The highest BCUT2D eigenvalue weighted by Crippen LogP contribution is 2.33. The maximum Gasteiger partial charge on any atom is 0.260 e. The third kappa shape index (κ3) is 4.81. The predicted octanol–water partition coefficient (Wildman–Crippen LogP) is 4.26. The van der Waals surface area contributed by atoms with E-state index < -0.39 is 0 Å². The van der Waals surface area contributed by atoms with Crippen LogP contribution in [0.2, 0.25) is 0 Å². The Kier molecular flexibility index (Phi) is 6.31. The van der Waals surface area contributed by atoms with Crippen LogP contribution in [0.1, 0.15) is 38.2 Å². The van der Waals surface area contributed by atoms with E-state index in [0.29, 0.717) is 24.8 Å². The molecule has 0 radical (unpaired) electrons. The molecule has 34 heavy (non-hydrogen) atoms. The molecule has 0 N–H and O–H groups in total. The molecule has 5 rings (SSSR count). The number of hydrogen-bond donors (Lipinski definition) is 0. The maximum absolute atomic E-state index is 12.9. The highest BCUT2D eigenvalue weighted by atomic mass is 16.5. The van der Waals surface area contributed by atoms with Gasteiger partial charge in [-0.05, 0) is 54.5 Å². The van der Waals surface area contributed by atoms with Gasteiger partial charge in [-0.1, -0.05) is 32.0 Å². The Balaban J connectivity index is 1.27. The van der Waals surface area contributed by atoms with E-state index in [9.17, 15) is 9.59 Å². The van der Waals surface area contributed by atoms with Crippen molar-refractivity contribution < 1.29 is 9.53 Å². The molecule has 2 fully saturated rings. The van der Waals surface area contributed by atoms with Gasteiger partial charge in [0.1, 0.15) is 5.75 Å². The molecule has 178 valence electrons.